The van der Waals surface area contributed by atoms with Gasteiger partial charge in [-0.25, -0.2) is 4.98 Å². The maximum absolute atomic E-state index is 6.20. The molecular weight excluding hydrogens is 719 g/mol. The average Bonchev–Trinajstić information content (AvgIpc) is 3.39. The van der Waals surface area contributed by atoms with Crippen LogP contribution < -0.4 is 0 Å². The van der Waals surface area contributed by atoms with E-state index in [-0.39, 0.29) is 20.1 Å². The molecule has 7 aromatic rings. The number of rotatable bonds is 4. The van der Waals surface area contributed by atoms with Crippen molar-refractivity contribution in [2.45, 2.75) is 41.0 Å². The minimum Gasteiger partial charge on any atom is -0.486 e. The molecule has 4 aromatic heterocycles. The summed E-state index contributed by atoms with van der Waals surface area (Å²) < 4.78 is 6.20. The van der Waals surface area contributed by atoms with Crippen molar-refractivity contribution in [2.24, 2.45) is 0 Å². The largest absolute Gasteiger partial charge is 0.486 e. The number of hydrogen-bond donors (Lipinski definition) is 0. The number of hydrogen-bond acceptors (Lipinski definition) is 4. The van der Waals surface area contributed by atoms with Gasteiger partial charge in [-0.3, -0.25) is 0 Å². The number of furan rings is 1. The van der Waals surface area contributed by atoms with Crippen LogP contribution in [0.1, 0.15) is 39.1 Å². The van der Waals surface area contributed by atoms with E-state index in [1.165, 1.54) is 33.4 Å². The Bertz CT molecular complexity index is 2050. The van der Waals surface area contributed by atoms with E-state index in [1.807, 2.05) is 48.8 Å². The second-order valence-corrected chi connectivity index (χ2v) is 11.1. The van der Waals surface area contributed by atoms with Crippen LogP contribution in [0.15, 0.2) is 102 Å². The summed E-state index contributed by atoms with van der Waals surface area (Å²) in [6, 6.07) is 35.4. The van der Waals surface area contributed by atoms with Gasteiger partial charge in [-0.05, 0) is 67.9 Å². The summed E-state index contributed by atoms with van der Waals surface area (Å²) in [7, 11) is 0. The second-order valence-electron chi connectivity index (χ2n) is 11.1. The Labute approximate surface area is 272 Å². The first kappa shape index (κ1) is 31.0. The van der Waals surface area contributed by atoms with Crippen molar-refractivity contribution in [1.82, 2.24) is 15.0 Å². The molecule has 0 saturated carbocycles. The maximum atomic E-state index is 6.20. The quantitative estimate of drug-likeness (QED) is 0.168. The molecule has 4 nitrogen and oxygen atoms in total. The van der Waals surface area contributed by atoms with Crippen molar-refractivity contribution >= 4 is 22.1 Å². The molecule has 1 radical (unpaired) electrons. The van der Waals surface area contributed by atoms with Crippen LogP contribution in [0.5, 0.6) is 0 Å². The Kier molecular flexibility index (Phi) is 9.49. The van der Waals surface area contributed by atoms with Gasteiger partial charge in [0.05, 0.1) is 5.58 Å². The van der Waals surface area contributed by atoms with Gasteiger partial charge in [0.2, 0.25) is 5.71 Å². The minimum absolute atomic E-state index is 0. The average molecular weight is 752 g/mol. The molecule has 5 heteroatoms. The van der Waals surface area contributed by atoms with E-state index in [1.54, 1.807) is 0 Å². The van der Waals surface area contributed by atoms with Crippen LogP contribution in [-0.4, -0.2) is 15.0 Å². The number of aromatic nitrogens is 3. The fourth-order valence-electron chi connectivity index (χ4n) is 4.95. The molecule has 4 heterocycles. The molecule has 44 heavy (non-hydrogen) atoms. The molecular formula is C39H33IrN3O-2. The third-order valence-electron chi connectivity index (χ3n) is 7.83. The van der Waals surface area contributed by atoms with Gasteiger partial charge in [0.1, 0.15) is 0 Å². The van der Waals surface area contributed by atoms with E-state index < -0.39 is 0 Å². The molecule has 221 valence electrons. The molecule has 0 atom stereocenters. The SMILES string of the molecule is Cc1c[c-]c(-c2cc(C)c(C)cn2)cc1.Cc1cnc(-c2[c-]ccc3c2oc2nc(Cc4ccccc4)ccc23)cc1C.[Ir]. The first-order valence-corrected chi connectivity index (χ1v) is 14.5. The first-order valence-electron chi connectivity index (χ1n) is 14.5. The zero-order valence-electron chi connectivity index (χ0n) is 25.5. The summed E-state index contributed by atoms with van der Waals surface area (Å²) in [5.74, 6) is 0. The van der Waals surface area contributed by atoms with E-state index in [2.05, 4.69) is 105 Å². The van der Waals surface area contributed by atoms with Crippen LogP contribution in [0.25, 0.3) is 44.6 Å². The topological polar surface area (TPSA) is 51.8 Å². The molecule has 0 unspecified atom stereocenters. The Balaban J connectivity index is 0.000000204. The Hall–Kier alpha value is -4.44. The van der Waals surface area contributed by atoms with Gasteiger partial charge in [0.25, 0.3) is 0 Å². The smallest absolute Gasteiger partial charge is 0.216 e. The fraction of sp³-hybridized carbons (Fsp3) is 0.154. The molecule has 0 bridgehead atoms. The Morgan fingerprint density at radius 2 is 1.39 bits per heavy atom. The van der Waals surface area contributed by atoms with Gasteiger partial charge in [0.15, 0.2) is 0 Å². The van der Waals surface area contributed by atoms with Gasteiger partial charge >= 0.3 is 0 Å². The van der Waals surface area contributed by atoms with Crippen LogP contribution in [-0.2, 0) is 26.5 Å². The third kappa shape index (κ3) is 6.70. The predicted molar refractivity (Wildman–Crippen MR) is 175 cm³/mol. The molecule has 7 rings (SSSR count). The van der Waals surface area contributed by atoms with Gasteiger partial charge in [-0.1, -0.05) is 71.5 Å². The summed E-state index contributed by atoms with van der Waals surface area (Å²) >= 11 is 0. The molecule has 0 saturated heterocycles. The van der Waals surface area contributed by atoms with Gasteiger partial charge in [0, 0.05) is 50.0 Å². The minimum atomic E-state index is 0. The summed E-state index contributed by atoms with van der Waals surface area (Å²) in [5.41, 5.74) is 13.6. The predicted octanol–water partition coefficient (Wildman–Crippen LogP) is 9.52. The number of aryl methyl sites for hydroxylation is 5. The van der Waals surface area contributed by atoms with Gasteiger partial charge in [-0.2, -0.15) is 0 Å². The standard InChI is InChI=1S/C25H19N2O.C14H14N.Ir/c1-16-13-23(26-15-17(16)2)22-10-6-9-20-21-12-11-19(27-25(21)28-24(20)22)14-18-7-4-3-5-8-18;1-10-4-6-13(7-5-10)14-8-11(2)12(3)9-15-14;/h3-9,11-13,15H,14H2,1-2H3;4-6,8-9H,1-3H3;/q2*-1;. The summed E-state index contributed by atoms with van der Waals surface area (Å²) in [6.45, 7) is 10.4. The number of pyridine rings is 3. The van der Waals surface area contributed by atoms with E-state index in [0.29, 0.717) is 5.71 Å². The zero-order valence-corrected chi connectivity index (χ0v) is 27.9. The van der Waals surface area contributed by atoms with Crippen molar-refractivity contribution in [3.8, 4) is 22.5 Å². The monoisotopic (exact) mass is 752 g/mol. The molecule has 0 aliphatic rings. The fourth-order valence-corrected chi connectivity index (χ4v) is 4.95. The van der Waals surface area contributed by atoms with Crippen LogP contribution in [0.4, 0.5) is 0 Å². The zero-order chi connectivity index (χ0) is 29.9. The molecule has 0 spiro atoms. The third-order valence-corrected chi connectivity index (χ3v) is 7.83. The number of benzene rings is 3. The first-order chi connectivity index (χ1) is 20.9. The Morgan fingerprint density at radius 1 is 0.682 bits per heavy atom. The molecule has 0 aliphatic carbocycles. The summed E-state index contributed by atoms with van der Waals surface area (Å²) in [6.07, 6.45) is 4.60. The normalized spacial score (nSPS) is 10.8. The second kappa shape index (κ2) is 13.5. The number of nitrogens with zero attached hydrogens (tertiary/aromatic N) is 3. The van der Waals surface area contributed by atoms with E-state index in [0.717, 1.165) is 51.0 Å². The molecule has 0 aliphatic heterocycles. The van der Waals surface area contributed by atoms with Crippen LogP contribution in [0, 0.1) is 46.8 Å². The van der Waals surface area contributed by atoms with Crippen LogP contribution in [0.2, 0.25) is 0 Å². The van der Waals surface area contributed by atoms with E-state index >= 15 is 0 Å². The molecule has 3 aromatic carbocycles. The summed E-state index contributed by atoms with van der Waals surface area (Å²) in [4.78, 5) is 13.8. The Morgan fingerprint density at radius 3 is 2.07 bits per heavy atom. The van der Waals surface area contributed by atoms with Gasteiger partial charge in [-0.15, -0.1) is 53.6 Å². The van der Waals surface area contributed by atoms with E-state index in [9.17, 15) is 0 Å². The van der Waals surface area contributed by atoms with Crippen molar-refractivity contribution in [1.29, 1.82) is 0 Å². The maximum Gasteiger partial charge on any atom is 0.216 e. The van der Waals surface area contributed by atoms with Crippen molar-refractivity contribution < 1.29 is 24.5 Å². The molecule has 0 N–H and O–H groups in total. The van der Waals surface area contributed by atoms with Crippen LogP contribution in [0.3, 0.4) is 0 Å². The van der Waals surface area contributed by atoms with Crippen molar-refractivity contribution in [2.75, 3.05) is 0 Å². The molecule has 0 fully saturated rings. The van der Waals surface area contributed by atoms with Gasteiger partial charge < -0.3 is 14.4 Å². The van der Waals surface area contributed by atoms with E-state index in [4.69, 9.17) is 9.40 Å². The number of fused-ring (bicyclic) bond motifs is 3. The summed E-state index contributed by atoms with van der Waals surface area (Å²) in [5, 5.41) is 2.06. The van der Waals surface area contributed by atoms with Crippen molar-refractivity contribution in [3.05, 3.63) is 149 Å². The van der Waals surface area contributed by atoms with Crippen molar-refractivity contribution in [3.63, 3.8) is 0 Å². The van der Waals surface area contributed by atoms with Crippen LogP contribution >= 0.6 is 0 Å². The molecule has 0 amide bonds.